The molecular formula is C15H27N2O4P. The summed E-state index contributed by atoms with van der Waals surface area (Å²) in [6, 6.07) is 0.494. The average molecular weight is 330 g/mol. The highest BCUT2D eigenvalue weighted by Gasteiger charge is 2.27. The summed E-state index contributed by atoms with van der Waals surface area (Å²) in [4.78, 5) is 14.6. The van der Waals surface area contributed by atoms with Crippen LogP contribution in [0, 0.1) is 6.57 Å². The largest absolute Gasteiger partial charge is 0.460 e. The molecular weight excluding hydrogens is 303 g/mol. The smallest absolute Gasteiger partial charge is 0.333 e. The quantitative estimate of drug-likeness (QED) is 0.191. The Bertz CT molecular complexity index is 385. The number of ether oxygens (including phenoxy) is 1. The molecule has 0 aliphatic heterocycles. The van der Waals surface area contributed by atoms with Crippen LogP contribution in [0.2, 0.25) is 0 Å². The second-order valence-electron chi connectivity index (χ2n) is 5.27. The average Bonchev–Trinajstić information content (AvgIpc) is 2.42. The number of nitrogens with zero attached hydrogens (tertiary/aromatic N) is 2. The molecule has 22 heavy (non-hydrogen) atoms. The van der Waals surface area contributed by atoms with Gasteiger partial charge in [-0.3, -0.25) is 0 Å². The molecule has 0 fully saturated rings. The van der Waals surface area contributed by atoms with E-state index in [0.29, 0.717) is 18.7 Å². The predicted molar refractivity (Wildman–Crippen MR) is 88.2 cm³/mol. The van der Waals surface area contributed by atoms with Crippen molar-refractivity contribution < 1.29 is 18.6 Å². The summed E-state index contributed by atoms with van der Waals surface area (Å²) < 4.78 is 18.6. The second-order valence-corrected chi connectivity index (χ2v) is 6.72. The SMILES string of the molecule is [C-]#[N+]CCOP(OCCOC(=O)C(=C)C)N(C(C)C)C(C)C. The highest BCUT2D eigenvalue weighted by molar-refractivity contribution is 7.44. The van der Waals surface area contributed by atoms with Crippen LogP contribution < -0.4 is 0 Å². The van der Waals surface area contributed by atoms with E-state index in [2.05, 4.69) is 43.8 Å². The van der Waals surface area contributed by atoms with E-state index in [0.717, 1.165) is 0 Å². The van der Waals surface area contributed by atoms with E-state index in [1.54, 1.807) is 6.92 Å². The first-order chi connectivity index (χ1) is 10.3. The van der Waals surface area contributed by atoms with Gasteiger partial charge in [-0.15, -0.1) is 0 Å². The molecule has 0 aromatic carbocycles. The monoisotopic (exact) mass is 330 g/mol. The third-order valence-electron chi connectivity index (χ3n) is 2.52. The van der Waals surface area contributed by atoms with Gasteiger partial charge in [-0.2, -0.15) is 0 Å². The van der Waals surface area contributed by atoms with Crippen molar-refractivity contribution in [3.63, 3.8) is 0 Å². The van der Waals surface area contributed by atoms with Gasteiger partial charge in [0.25, 0.3) is 8.53 Å². The van der Waals surface area contributed by atoms with Crippen molar-refractivity contribution >= 4 is 14.5 Å². The minimum atomic E-state index is -1.28. The van der Waals surface area contributed by atoms with Crippen molar-refractivity contribution in [2.45, 2.75) is 46.7 Å². The van der Waals surface area contributed by atoms with Crippen LogP contribution >= 0.6 is 8.53 Å². The number of esters is 1. The Morgan fingerprint density at radius 1 is 1.18 bits per heavy atom. The lowest BCUT2D eigenvalue weighted by Crippen LogP contribution is -2.34. The van der Waals surface area contributed by atoms with E-state index >= 15 is 0 Å². The van der Waals surface area contributed by atoms with Gasteiger partial charge in [-0.05, 0) is 34.6 Å². The molecule has 0 bridgehead atoms. The molecule has 0 aliphatic carbocycles. The van der Waals surface area contributed by atoms with Crippen LogP contribution in [0.3, 0.4) is 0 Å². The lowest BCUT2D eigenvalue weighted by Gasteiger charge is -2.35. The molecule has 1 atom stereocenters. The van der Waals surface area contributed by atoms with E-state index in [1.807, 2.05) is 0 Å². The van der Waals surface area contributed by atoms with Crippen LogP contribution in [0.15, 0.2) is 12.2 Å². The summed E-state index contributed by atoms with van der Waals surface area (Å²) >= 11 is 0. The third-order valence-corrected chi connectivity index (χ3v) is 4.63. The van der Waals surface area contributed by atoms with Gasteiger partial charge in [0.1, 0.15) is 13.2 Å². The highest BCUT2D eigenvalue weighted by Crippen LogP contribution is 2.45. The second kappa shape index (κ2) is 11.6. The maximum Gasteiger partial charge on any atom is 0.333 e. The van der Waals surface area contributed by atoms with E-state index in [9.17, 15) is 4.79 Å². The molecule has 0 aromatic rings. The Hall–Kier alpha value is -0.990. The zero-order chi connectivity index (χ0) is 17.1. The first-order valence-corrected chi connectivity index (χ1v) is 8.44. The van der Waals surface area contributed by atoms with Crippen molar-refractivity contribution in [3.05, 3.63) is 23.6 Å². The van der Waals surface area contributed by atoms with Crippen molar-refractivity contribution in [2.75, 3.05) is 26.4 Å². The van der Waals surface area contributed by atoms with Crippen molar-refractivity contribution in [3.8, 4) is 0 Å². The number of carbonyl (C=O) groups excluding carboxylic acids is 1. The van der Waals surface area contributed by atoms with E-state index in [4.69, 9.17) is 20.4 Å². The predicted octanol–water partition coefficient (Wildman–Crippen LogP) is 3.40. The van der Waals surface area contributed by atoms with Crippen LogP contribution in [-0.2, 0) is 18.6 Å². The number of carbonyl (C=O) groups is 1. The van der Waals surface area contributed by atoms with Crippen molar-refractivity contribution in [2.24, 2.45) is 0 Å². The number of hydrogen-bond donors (Lipinski definition) is 0. The molecule has 1 unspecified atom stereocenters. The zero-order valence-electron chi connectivity index (χ0n) is 14.2. The third kappa shape index (κ3) is 8.45. The van der Waals surface area contributed by atoms with E-state index in [-0.39, 0.29) is 25.3 Å². The Kier molecular flexibility index (Phi) is 11.0. The topological polar surface area (TPSA) is 52.4 Å². The minimum absolute atomic E-state index is 0.154. The standard InChI is InChI=1S/C15H27N2O4P/c1-12(2)15(18)19-10-11-21-22(20-9-8-16-7)17(13(3)4)14(5)6/h13-14H,1,8-11H2,2-6H3. The fourth-order valence-electron chi connectivity index (χ4n) is 1.68. The van der Waals surface area contributed by atoms with Gasteiger partial charge < -0.3 is 18.6 Å². The van der Waals surface area contributed by atoms with E-state index < -0.39 is 14.5 Å². The molecule has 7 heteroatoms. The molecule has 6 nitrogen and oxygen atoms in total. The summed E-state index contributed by atoms with van der Waals surface area (Å²) in [5.74, 6) is -0.425. The summed E-state index contributed by atoms with van der Waals surface area (Å²) in [5.41, 5.74) is 0.363. The Morgan fingerprint density at radius 2 is 1.73 bits per heavy atom. The molecule has 0 saturated heterocycles. The van der Waals surface area contributed by atoms with Gasteiger partial charge in [0.15, 0.2) is 0 Å². The minimum Gasteiger partial charge on any atom is -0.460 e. The number of rotatable bonds is 11. The van der Waals surface area contributed by atoms with Gasteiger partial charge in [-0.1, -0.05) is 6.58 Å². The summed E-state index contributed by atoms with van der Waals surface area (Å²) in [6.07, 6.45) is 0. The fraction of sp³-hybridized carbons (Fsp3) is 0.733. The van der Waals surface area contributed by atoms with Gasteiger partial charge in [0.2, 0.25) is 6.54 Å². The van der Waals surface area contributed by atoms with Gasteiger partial charge in [0.05, 0.1) is 6.61 Å². The molecule has 0 N–H and O–H groups in total. The van der Waals surface area contributed by atoms with Gasteiger partial charge in [-0.25, -0.2) is 16.0 Å². The maximum absolute atomic E-state index is 11.3. The van der Waals surface area contributed by atoms with Crippen LogP contribution in [0.1, 0.15) is 34.6 Å². The fourth-order valence-corrected chi connectivity index (χ4v) is 3.25. The van der Waals surface area contributed by atoms with Crippen LogP contribution in [0.5, 0.6) is 0 Å². The van der Waals surface area contributed by atoms with Crippen LogP contribution in [-0.4, -0.2) is 49.1 Å². The molecule has 0 radical (unpaired) electrons. The van der Waals surface area contributed by atoms with Crippen molar-refractivity contribution in [1.29, 1.82) is 0 Å². The Balaban J connectivity index is 4.49. The lowest BCUT2D eigenvalue weighted by atomic mass is 10.3. The van der Waals surface area contributed by atoms with Crippen molar-refractivity contribution in [1.82, 2.24) is 4.67 Å². The summed E-state index contributed by atoms with van der Waals surface area (Å²) in [5, 5.41) is 0. The molecule has 0 saturated carbocycles. The first-order valence-electron chi connectivity index (χ1n) is 7.31. The molecule has 126 valence electrons. The molecule has 0 amide bonds. The van der Waals surface area contributed by atoms with Crippen LogP contribution in [0.25, 0.3) is 4.85 Å². The lowest BCUT2D eigenvalue weighted by molar-refractivity contribution is -0.139. The van der Waals surface area contributed by atoms with E-state index in [1.165, 1.54) is 0 Å². The summed E-state index contributed by atoms with van der Waals surface area (Å²) in [6.45, 7) is 21.2. The zero-order valence-corrected chi connectivity index (χ0v) is 15.1. The molecule has 0 rings (SSSR count). The number of hydrogen-bond acceptors (Lipinski definition) is 5. The highest BCUT2D eigenvalue weighted by atomic mass is 31.2. The normalized spacial score (nSPS) is 12.5. The molecule has 0 aliphatic rings. The molecule has 0 spiro atoms. The molecule has 0 heterocycles. The Labute approximate surface area is 135 Å². The maximum atomic E-state index is 11.3. The summed E-state index contributed by atoms with van der Waals surface area (Å²) in [7, 11) is -1.28. The Morgan fingerprint density at radius 3 is 2.18 bits per heavy atom. The van der Waals surface area contributed by atoms with Crippen LogP contribution in [0.4, 0.5) is 0 Å². The van der Waals surface area contributed by atoms with Gasteiger partial charge >= 0.3 is 5.97 Å². The van der Waals surface area contributed by atoms with Gasteiger partial charge in [0, 0.05) is 17.7 Å². The molecule has 0 aromatic heterocycles. The first kappa shape index (κ1) is 21.0.